The van der Waals surface area contributed by atoms with Crippen LogP contribution in [0.2, 0.25) is 0 Å². The Morgan fingerprint density at radius 2 is 1.88 bits per heavy atom. The first kappa shape index (κ1) is 21.6. The summed E-state index contributed by atoms with van der Waals surface area (Å²) < 4.78 is 7.18. The molecule has 4 aromatic rings. The van der Waals surface area contributed by atoms with Gasteiger partial charge in [-0.25, -0.2) is 4.98 Å². The fraction of sp³-hybridized carbons (Fsp3) is 0.407. The minimum atomic E-state index is 0.208. The van der Waals surface area contributed by atoms with E-state index in [4.69, 9.17) is 4.74 Å². The number of aromatic amines is 1. The second-order valence-corrected chi connectivity index (χ2v) is 10.5. The summed E-state index contributed by atoms with van der Waals surface area (Å²) in [5.74, 6) is 1.39. The molecule has 1 N–H and O–H groups in total. The highest BCUT2D eigenvalue weighted by atomic mass is 32.1. The molecule has 0 bridgehead atoms. The highest BCUT2D eigenvalue weighted by Gasteiger charge is 2.29. The number of piperidine rings is 2. The molecule has 0 radical (unpaired) electrons. The minimum absolute atomic E-state index is 0.208. The van der Waals surface area contributed by atoms with E-state index < -0.39 is 0 Å². The number of carbonyl (C=O) groups is 1. The van der Waals surface area contributed by atoms with Crippen LogP contribution >= 0.6 is 11.3 Å². The van der Waals surface area contributed by atoms with Gasteiger partial charge in [-0.2, -0.15) is 0 Å². The van der Waals surface area contributed by atoms with Crippen LogP contribution in [0.5, 0.6) is 10.9 Å². The summed E-state index contributed by atoms with van der Waals surface area (Å²) in [6.07, 6.45) is 7.65. The first-order chi connectivity index (χ1) is 16.7. The molecule has 2 aromatic carbocycles. The number of fused-ring (bicyclic) bond motifs is 2. The van der Waals surface area contributed by atoms with Gasteiger partial charge < -0.3 is 14.6 Å². The van der Waals surface area contributed by atoms with Gasteiger partial charge in [0.05, 0.1) is 10.2 Å². The summed E-state index contributed by atoms with van der Waals surface area (Å²) >= 11 is 1.56. The van der Waals surface area contributed by atoms with Gasteiger partial charge in [0.1, 0.15) is 5.75 Å². The summed E-state index contributed by atoms with van der Waals surface area (Å²) in [4.78, 5) is 25.4. The quantitative estimate of drug-likeness (QED) is 0.397. The molecule has 0 aliphatic carbocycles. The molecule has 2 fully saturated rings. The Bertz CT molecular complexity index is 1270. The lowest BCUT2D eigenvalue weighted by Gasteiger charge is -2.35. The SMILES string of the molecule is O=C(C1CCN(Cc2c[nH]c3cc(Oc4nc5ccccc5s4)ccc23)CC1)N1CCCCC1. The van der Waals surface area contributed by atoms with Gasteiger partial charge >= 0.3 is 0 Å². The van der Waals surface area contributed by atoms with Gasteiger partial charge in [-0.3, -0.25) is 9.69 Å². The minimum Gasteiger partial charge on any atom is -0.431 e. The van der Waals surface area contributed by atoms with Crippen LogP contribution in [0.25, 0.3) is 21.1 Å². The molecule has 0 atom stereocenters. The van der Waals surface area contributed by atoms with Gasteiger partial charge in [-0.15, -0.1) is 0 Å². The number of hydrogen-bond donors (Lipinski definition) is 1. The number of benzene rings is 2. The topological polar surface area (TPSA) is 61.5 Å². The molecule has 2 aliphatic rings. The van der Waals surface area contributed by atoms with E-state index in [1.54, 1.807) is 11.3 Å². The molecule has 6 nitrogen and oxygen atoms in total. The average molecular weight is 475 g/mol. The van der Waals surface area contributed by atoms with Gasteiger partial charge in [0.2, 0.25) is 5.91 Å². The van der Waals surface area contributed by atoms with Crippen LogP contribution in [0.15, 0.2) is 48.7 Å². The van der Waals surface area contributed by atoms with Crippen LogP contribution in [0.3, 0.4) is 0 Å². The van der Waals surface area contributed by atoms with Crippen molar-refractivity contribution in [3.63, 3.8) is 0 Å². The van der Waals surface area contributed by atoms with Crippen LogP contribution in [-0.2, 0) is 11.3 Å². The zero-order chi connectivity index (χ0) is 22.9. The number of H-pyrrole nitrogens is 1. The number of hydrogen-bond acceptors (Lipinski definition) is 5. The first-order valence-corrected chi connectivity index (χ1v) is 13.2. The fourth-order valence-corrected chi connectivity index (χ4v) is 6.14. The van der Waals surface area contributed by atoms with E-state index in [1.807, 2.05) is 24.3 Å². The Hall–Kier alpha value is -2.90. The zero-order valence-corrected chi connectivity index (χ0v) is 20.2. The van der Waals surface area contributed by atoms with Crippen LogP contribution in [0, 0.1) is 5.92 Å². The van der Waals surface area contributed by atoms with Crippen molar-refractivity contribution in [1.82, 2.24) is 19.8 Å². The highest BCUT2D eigenvalue weighted by Crippen LogP contribution is 2.33. The molecule has 2 aliphatic heterocycles. The summed E-state index contributed by atoms with van der Waals surface area (Å²) in [5, 5.41) is 1.89. The lowest BCUT2D eigenvalue weighted by atomic mass is 9.94. The number of para-hydroxylation sites is 1. The van der Waals surface area contributed by atoms with Crippen molar-refractivity contribution < 1.29 is 9.53 Å². The molecule has 176 valence electrons. The van der Waals surface area contributed by atoms with E-state index in [2.05, 4.69) is 44.2 Å². The van der Waals surface area contributed by atoms with Crippen molar-refractivity contribution in [2.24, 2.45) is 5.92 Å². The van der Waals surface area contributed by atoms with E-state index in [9.17, 15) is 4.79 Å². The number of nitrogens with zero attached hydrogens (tertiary/aromatic N) is 3. The Morgan fingerprint density at radius 1 is 1.06 bits per heavy atom. The van der Waals surface area contributed by atoms with Crippen LogP contribution in [0.4, 0.5) is 0 Å². The maximum atomic E-state index is 12.9. The predicted molar refractivity (Wildman–Crippen MR) is 136 cm³/mol. The van der Waals surface area contributed by atoms with Gasteiger partial charge in [0.25, 0.3) is 5.19 Å². The second-order valence-electron chi connectivity index (χ2n) is 9.51. The van der Waals surface area contributed by atoms with Crippen molar-refractivity contribution in [3.05, 3.63) is 54.2 Å². The number of carbonyl (C=O) groups excluding carboxylic acids is 1. The standard InChI is InChI=1S/C27H30N4O2S/c32-26(31-12-4-1-5-13-31)19-10-14-30(15-11-19)18-20-17-28-24-16-21(8-9-22(20)24)33-27-29-23-6-2-3-7-25(23)34-27/h2-3,6-9,16-17,19,28H,1,4-5,10-15,18H2. The number of ether oxygens (including phenoxy) is 1. The molecule has 6 rings (SSSR count). The van der Waals surface area contributed by atoms with Crippen molar-refractivity contribution in [1.29, 1.82) is 0 Å². The Morgan fingerprint density at radius 3 is 2.71 bits per heavy atom. The number of rotatable bonds is 5. The van der Waals surface area contributed by atoms with Crippen molar-refractivity contribution >= 4 is 38.4 Å². The maximum Gasteiger partial charge on any atom is 0.279 e. The highest BCUT2D eigenvalue weighted by molar-refractivity contribution is 7.20. The smallest absolute Gasteiger partial charge is 0.279 e. The van der Waals surface area contributed by atoms with E-state index in [1.165, 1.54) is 30.2 Å². The van der Waals surface area contributed by atoms with Crippen LogP contribution in [-0.4, -0.2) is 51.9 Å². The van der Waals surface area contributed by atoms with Crippen LogP contribution < -0.4 is 4.74 Å². The number of nitrogens with one attached hydrogen (secondary N) is 1. The number of aromatic nitrogens is 2. The Labute approximate surface area is 203 Å². The molecule has 1 amide bonds. The largest absolute Gasteiger partial charge is 0.431 e. The lowest BCUT2D eigenvalue weighted by molar-refractivity contribution is -0.138. The third-order valence-corrected chi connectivity index (χ3v) is 8.13. The summed E-state index contributed by atoms with van der Waals surface area (Å²) in [7, 11) is 0. The first-order valence-electron chi connectivity index (χ1n) is 12.4. The molecule has 4 heterocycles. The van der Waals surface area contributed by atoms with Crippen LogP contribution in [0.1, 0.15) is 37.7 Å². The predicted octanol–water partition coefficient (Wildman–Crippen LogP) is 5.79. The van der Waals surface area contributed by atoms with Crippen molar-refractivity contribution in [3.8, 4) is 10.9 Å². The van der Waals surface area contributed by atoms with Gasteiger partial charge in [-0.05, 0) is 75.0 Å². The molecule has 2 saturated heterocycles. The molecule has 7 heteroatoms. The Kier molecular flexibility index (Phi) is 5.97. The third-order valence-electron chi connectivity index (χ3n) is 7.22. The lowest BCUT2D eigenvalue weighted by Crippen LogP contribution is -2.44. The molecule has 0 spiro atoms. The van der Waals surface area contributed by atoms with Gasteiger partial charge in [0.15, 0.2) is 0 Å². The fourth-order valence-electron chi connectivity index (χ4n) is 5.31. The van der Waals surface area contributed by atoms with Gasteiger partial charge in [-0.1, -0.05) is 23.5 Å². The number of amides is 1. The molecular weight excluding hydrogens is 444 g/mol. The summed E-state index contributed by atoms with van der Waals surface area (Å²) in [6, 6.07) is 14.3. The zero-order valence-electron chi connectivity index (χ0n) is 19.3. The summed E-state index contributed by atoms with van der Waals surface area (Å²) in [5.41, 5.74) is 3.33. The third kappa shape index (κ3) is 4.42. The Balaban J connectivity index is 1.08. The van der Waals surface area contributed by atoms with Crippen molar-refractivity contribution in [2.45, 2.75) is 38.6 Å². The maximum absolute atomic E-state index is 12.9. The summed E-state index contributed by atoms with van der Waals surface area (Å²) in [6.45, 7) is 4.78. The number of likely N-dealkylation sites (tertiary alicyclic amines) is 2. The monoisotopic (exact) mass is 474 g/mol. The second kappa shape index (κ2) is 9.39. The van der Waals surface area contributed by atoms with E-state index in [-0.39, 0.29) is 5.92 Å². The molecule has 2 aromatic heterocycles. The molecule has 0 unspecified atom stereocenters. The number of thiazole rings is 1. The van der Waals surface area contributed by atoms with E-state index in [0.717, 1.165) is 67.0 Å². The van der Waals surface area contributed by atoms with Gasteiger partial charge in [0, 0.05) is 48.7 Å². The van der Waals surface area contributed by atoms with E-state index in [0.29, 0.717) is 11.1 Å². The molecule has 0 saturated carbocycles. The molecular formula is C27H30N4O2S. The van der Waals surface area contributed by atoms with Crippen molar-refractivity contribution in [2.75, 3.05) is 26.2 Å². The van der Waals surface area contributed by atoms with E-state index >= 15 is 0 Å². The molecule has 34 heavy (non-hydrogen) atoms. The average Bonchev–Trinajstić information content (AvgIpc) is 3.48. The normalized spacial score (nSPS) is 18.1.